The van der Waals surface area contributed by atoms with Gasteiger partial charge in [-0.2, -0.15) is 5.26 Å². The van der Waals surface area contributed by atoms with Crippen molar-refractivity contribution in [3.63, 3.8) is 0 Å². The van der Waals surface area contributed by atoms with Crippen LogP contribution in [-0.2, 0) is 16.0 Å². The zero-order valence-electron chi connectivity index (χ0n) is 18.2. The summed E-state index contributed by atoms with van der Waals surface area (Å²) in [5, 5.41) is 33.3. The molecule has 5 atom stereocenters. The van der Waals surface area contributed by atoms with Crippen molar-refractivity contribution >= 4 is 5.91 Å². The smallest absolute Gasteiger partial charge is 0.228 e. The van der Waals surface area contributed by atoms with Gasteiger partial charge in [-0.25, -0.2) is 0 Å². The summed E-state index contributed by atoms with van der Waals surface area (Å²) in [4.78, 5) is 19.2. The lowest BCUT2D eigenvalue weighted by Crippen LogP contribution is -2.52. The van der Waals surface area contributed by atoms with Crippen LogP contribution in [0.4, 0.5) is 0 Å². The third kappa shape index (κ3) is 2.68. The predicted molar refractivity (Wildman–Crippen MR) is 119 cm³/mol. The van der Waals surface area contributed by atoms with Gasteiger partial charge in [-0.1, -0.05) is 42.5 Å². The molecule has 3 aromatic rings. The molecule has 7 nitrogen and oxygen atoms in total. The quantitative estimate of drug-likeness (QED) is 0.646. The predicted octanol–water partition coefficient (Wildman–Crippen LogP) is 2.29. The van der Waals surface area contributed by atoms with Gasteiger partial charge >= 0.3 is 0 Å². The fourth-order valence-electron chi connectivity index (χ4n) is 5.47. The minimum absolute atomic E-state index is 0.192. The molecular weight excluding hydrogens is 418 g/mol. The number of rotatable bonds is 3. The summed E-state index contributed by atoms with van der Waals surface area (Å²) in [6.45, 7) is 0. The van der Waals surface area contributed by atoms with Crippen molar-refractivity contribution < 1.29 is 19.7 Å². The molecule has 0 bridgehead atoms. The van der Waals surface area contributed by atoms with Crippen molar-refractivity contribution in [2.45, 2.75) is 23.2 Å². The first kappa shape index (κ1) is 21.1. The molecule has 1 amide bonds. The molecule has 0 radical (unpaired) electrons. The van der Waals surface area contributed by atoms with E-state index in [-0.39, 0.29) is 11.6 Å². The van der Waals surface area contributed by atoms with Gasteiger partial charge in [0.1, 0.15) is 17.5 Å². The summed E-state index contributed by atoms with van der Waals surface area (Å²) >= 11 is 0. The molecule has 0 saturated heterocycles. The largest absolute Gasteiger partial charge is 0.476 e. The van der Waals surface area contributed by atoms with Crippen molar-refractivity contribution in [1.29, 1.82) is 5.26 Å². The zero-order valence-corrected chi connectivity index (χ0v) is 18.2. The van der Waals surface area contributed by atoms with Crippen molar-refractivity contribution in [2.24, 2.45) is 5.92 Å². The number of nitriles is 1. The molecule has 1 saturated carbocycles. The summed E-state index contributed by atoms with van der Waals surface area (Å²) in [6.07, 6.45) is 0.0322. The average Bonchev–Trinajstić information content (AvgIpc) is 3.22. The summed E-state index contributed by atoms with van der Waals surface area (Å²) in [5.74, 6) is -1.72. The average molecular weight is 441 g/mol. The number of fused-ring (bicyclic) bond motifs is 3. The van der Waals surface area contributed by atoms with E-state index in [1.165, 1.54) is 11.1 Å². The molecule has 2 N–H and O–H groups in total. The van der Waals surface area contributed by atoms with E-state index in [1.54, 1.807) is 50.5 Å². The normalized spacial score (nSPS) is 29.5. The molecule has 1 unspecified atom stereocenters. The Hall–Kier alpha value is -3.73. The van der Waals surface area contributed by atoms with Crippen molar-refractivity contribution in [1.82, 2.24) is 9.88 Å². The van der Waals surface area contributed by atoms with Gasteiger partial charge in [0.05, 0.1) is 17.6 Å². The van der Waals surface area contributed by atoms with E-state index in [0.717, 1.165) is 5.56 Å². The maximum atomic E-state index is 13.4. The molecule has 2 aliphatic rings. The van der Waals surface area contributed by atoms with Gasteiger partial charge in [-0.15, -0.1) is 0 Å². The molecule has 166 valence electrons. The Balaban J connectivity index is 1.86. The van der Waals surface area contributed by atoms with Crippen LogP contribution in [-0.4, -0.2) is 46.2 Å². The molecule has 2 aromatic carbocycles. The fraction of sp³-hybridized carbons (Fsp3) is 0.269. The van der Waals surface area contributed by atoms with Crippen LogP contribution >= 0.6 is 0 Å². The Bertz CT molecular complexity index is 1250. The van der Waals surface area contributed by atoms with Gasteiger partial charge in [0.25, 0.3) is 0 Å². The number of hydrogen-bond acceptors (Lipinski definition) is 6. The first-order valence-corrected chi connectivity index (χ1v) is 10.7. The number of amides is 1. The number of hydrogen-bond donors (Lipinski definition) is 2. The van der Waals surface area contributed by atoms with Gasteiger partial charge in [-0.05, 0) is 35.4 Å². The second kappa shape index (κ2) is 7.41. The van der Waals surface area contributed by atoms with Crippen LogP contribution in [0.2, 0.25) is 0 Å². The number of aromatic nitrogens is 1. The molecule has 33 heavy (non-hydrogen) atoms. The molecule has 1 aliphatic heterocycles. The molecule has 7 heteroatoms. The number of ether oxygens (including phenoxy) is 1. The van der Waals surface area contributed by atoms with Crippen LogP contribution in [0.1, 0.15) is 28.3 Å². The van der Waals surface area contributed by atoms with Crippen LogP contribution in [0.3, 0.4) is 0 Å². The van der Waals surface area contributed by atoms with Gasteiger partial charge in [0.2, 0.25) is 5.91 Å². The van der Waals surface area contributed by atoms with E-state index < -0.39 is 29.1 Å². The van der Waals surface area contributed by atoms with Crippen LogP contribution in [0.5, 0.6) is 5.75 Å². The Labute approximate surface area is 191 Å². The van der Waals surface area contributed by atoms with Gasteiger partial charge in [0, 0.05) is 26.2 Å². The molecule has 0 spiro atoms. The molecule has 1 aliphatic carbocycles. The lowest BCUT2D eigenvalue weighted by Gasteiger charge is -2.40. The number of benzene rings is 2. The molecule has 5 rings (SSSR count). The third-order valence-corrected chi connectivity index (χ3v) is 6.86. The fourth-order valence-corrected chi connectivity index (χ4v) is 5.47. The molecule has 1 aromatic heterocycles. The topological polar surface area (TPSA) is 107 Å². The minimum atomic E-state index is -2.01. The van der Waals surface area contributed by atoms with E-state index in [0.29, 0.717) is 16.9 Å². The first-order chi connectivity index (χ1) is 15.9. The maximum absolute atomic E-state index is 13.4. The first-order valence-electron chi connectivity index (χ1n) is 10.7. The Morgan fingerprint density at radius 1 is 1.09 bits per heavy atom. The lowest BCUT2D eigenvalue weighted by molar-refractivity contribution is -0.157. The Morgan fingerprint density at radius 2 is 1.79 bits per heavy atom. The van der Waals surface area contributed by atoms with E-state index in [9.17, 15) is 20.3 Å². The highest BCUT2D eigenvalue weighted by molar-refractivity contribution is 5.82. The standard InChI is InChI=1S/C26H23N3O4/c1-29(2)24(31)20-21(17-7-4-3-5-8-17)26(18-12-10-16(15-27)11-13-18)25(32,23(20)30)22-19(33-26)9-6-14-28-22/h3-14,20-21,23,30,32H,1-2H3/t20-,21-,23-,25?,26+/m1/s1. The number of pyridine rings is 1. The summed E-state index contributed by atoms with van der Waals surface area (Å²) < 4.78 is 6.55. The van der Waals surface area contributed by atoms with Crippen LogP contribution in [0.15, 0.2) is 72.9 Å². The second-order valence-corrected chi connectivity index (χ2v) is 8.74. The number of carbonyl (C=O) groups excluding carboxylic acids is 1. The number of carbonyl (C=O) groups is 1. The summed E-state index contributed by atoms with van der Waals surface area (Å²) in [7, 11) is 3.24. The van der Waals surface area contributed by atoms with Gasteiger partial charge in [0.15, 0.2) is 11.2 Å². The van der Waals surface area contributed by atoms with E-state index in [2.05, 4.69) is 11.1 Å². The van der Waals surface area contributed by atoms with Crippen LogP contribution in [0, 0.1) is 17.2 Å². The second-order valence-electron chi connectivity index (χ2n) is 8.74. The van der Waals surface area contributed by atoms with E-state index >= 15 is 0 Å². The minimum Gasteiger partial charge on any atom is -0.476 e. The monoisotopic (exact) mass is 441 g/mol. The number of aliphatic hydroxyl groups is 2. The Kier molecular flexibility index (Phi) is 4.74. The zero-order chi connectivity index (χ0) is 23.4. The van der Waals surface area contributed by atoms with E-state index in [1.807, 2.05) is 30.3 Å². The van der Waals surface area contributed by atoms with Crippen molar-refractivity contribution in [3.05, 3.63) is 95.3 Å². The molecular formula is C26H23N3O4. The highest BCUT2D eigenvalue weighted by atomic mass is 16.5. The SMILES string of the molecule is CN(C)C(=O)[C@H]1[C@@H](O)C2(O)c3ncccc3O[C@@]2(c2ccc(C#N)cc2)[C@@H]1c1ccccc1. The van der Waals surface area contributed by atoms with Gasteiger partial charge < -0.3 is 19.8 Å². The van der Waals surface area contributed by atoms with Crippen LogP contribution < -0.4 is 4.74 Å². The molecule has 2 heterocycles. The molecule has 1 fully saturated rings. The highest BCUT2D eigenvalue weighted by Crippen LogP contribution is 2.68. The van der Waals surface area contributed by atoms with Crippen molar-refractivity contribution in [2.75, 3.05) is 14.1 Å². The number of nitrogens with zero attached hydrogens (tertiary/aromatic N) is 3. The number of aliphatic hydroxyl groups excluding tert-OH is 1. The van der Waals surface area contributed by atoms with Gasteiger partial charge in [-0.3, -0.25) is 9.78 Å². The van der Waals surface area contributed by atoms with E-state index in [4.69, 9.17) is 4.74 Å². The Morgan fingerprint density at radius 3 is 2.42 bits per heavy atom. The van der Waals surface area contributed by atoms with Crippen LogP contribution in [0.25, 0.3) is 0 Å². The summed E-state index contributed by atoms with van der Waals surface area (Å²) in [5.41, 5.74) is -1.63. The van der Waals surface area contributed by atoms with Crippen molar-refractivity contribution in [3.8, 4) is 11.8 Å². The third-order valence-electron chi connectivity index (χ3n) is 6.86. The maximum Gasteiger partial charge on any atom is 0.228 e. The summed E-state index contributed by atoms with van der Waals surface area (Å²) in [6, 6.07) is 21.5. The lowest BCUT2D eigenvalue weighted by atomic mass is 9.71. The highest BCUT2D eigenvalue weighted by Gasteiger charge is 2.78.